The largest absolute Gasteiger partial charge is 0.506 e. The molecular weight excluding hydrogens is 274 g/mol. The number of phenolic OH excluding ortho intramolecular Hbond substituents is 1. The maximum absolute atomic E-state index is 10.9. The quantitative estimate of drug-likeness (QED) is 0.795. The van der Waals surface area contributed by atoms with Crippen LogP contribution in [0.2, 0.25) is 0 Å². The molecule has 0 aromatic heterocycles. The monoisotopic (exact) mass is 285 g/mol. The summed E-state index contributed by atoms with van der Waals surface area (Å²) in [5.74, 6) is -0.615. The average Bonchev–Trinajstić information content (AvgIpc) is 3.04. The van der Waals surface area contributed by atoms with Gasteiger partial charge in [-0.1, -0.05) is 0 Å². The summed E-state index contributed by atoms with van der Waals surface area (Å²) < 4.78 is 0.374. The second-order valence-electron chi connectivity index (χ2n) is 4.06. The van der Waals surface area contributed by atoms with E-state index in [4.69, 9.17) is 10.8 Å². The molecule has 1 aliphatic carbocycles. The van der Waals surface area contributed by atoms with Gasteiger partial charge in [0.15, 0.2) is 0 Å². The van der Waals surface area contributed by atoms with Crippen molar-refractivity contribution >= 4 is 21.9 Å². The average molecular weight is 286 g/mol. The zero-order valence-corrected chi connectivity index (χ0v) is 10.1. The van der Waals surface area contributed by atoms with Gasteiger partial charge in [-0.15, -0.1) is 0 Å². The maximum atomic E-state index is 10.9. The van der Waals surface area contributed by atoms with Gasteiger partial charge in [0.05, 0.1) is 10.0 Å². The summed E-state index contributed by atoms with van der Waals surface area (Å²) in [6.07, 6.45) is 2.07. The van der Waals surface area contributed by atoms with Crippen LogP contribution in [0.5, 0.6) is 5.75 Å². The van der Waals surface area contributed by atoms with Crippen molar-refractivity contribution in [3.8, 4) is 5.75 Å². The van der Waals surface area contributed by atoms with E-state index in [0.29, 0.717) is 16.0 Å². The van der Waals surface area contributed by atoms with Crippen molar-refractivity contribution in [1.82, 2.24) is 0 Å². The van der Waals surface area contributed by atoms with Gasteiger partial charge >= 0.3 is 5.97 Å². The molecule has 1 atom stereocenters. The Kier molecular flexibility index (Phi) is 2.90. The van der Waals surface area contributed by atoms with Crippen LogP contribution in [-0.2, 0) is 0 Å². The van der Waals surface area contributed by atoms with Crippen LogP contribution in [0.1, 0.15) is 34.8 Å². The van der Waals surface area contributed by atoms with Crippen LogP contribution in [-0.4, -0.2) is 16.2 Å². The molecule has 0 aliphatic heterocycles. The van der Waals surface area contributed by atoms with Crippen LogP contribution < -0.4 is 5.73 Å². The maximum Gasteiger partial charge on any atom is 0.335 e. The molecule has 0 spiro atoms. The van der Waals surface area contributed by atoms with Gasteiger partial charge in [-0.2, -0.15) is 0 Å². The van der Waals surface area contributed by atoms with E-state index in [1.165, 1.54) is 12.1 Å². The SMILES string of the molecule is N[C@H](c1cc(C(=O)O)cc(Br)c1O)C1CC1. The van der Waals surface area contributed by atoms with E-state index in [2.05, 4.69) is 15.9 Å². The highest BCUT2D eigenvalue weighted by Crippen LogP contribution is 2.43. The summed E-state index contributed by atoms with van der Waals surface area (Å²) in [5, 5.41) is 18.7. The molecule has 0 heterocycles. The molecule has 1 aromatic rings. The predicted molar refractivity (Wildman–Crippen MR) is 62.4 cm³/mol. The van der Waals surface area contributed by atoms with Crippen LogP contribution in [0.3, 0.4) is 0 Å². The van der Waals surface area contributed by atoms with Gasteiger partial charge in [0, 0.05) is 11.6 Å². The molecular formula is C11H12BrNO3. The summed E-state index contributed by atoms with van der Waals surface area (Å²) in [6.45, 7) is 0. The highest BCUT2D eigenvalue weighted by Gasteiger charge is 2.32. The van der Waals surface area contributed by atoms with Gasteiger partial charge in [0.2, 0.25) is 0 Å². The molecule has 1 fully saturated rings. The third-order valence-electron chi connectivity index (χ3n) is 2.83. The summed E-state index contributed by atoms with van der Waals surface area (Å²) in [5.41, 5.74) is 6.61. The van der Waals surface area contributed by atoms with E-state index in [1.807, 2.05) is 0 Å². The molecule has 4 nitrogen and oxygen atoms in total. The van der Waals surface area contributed by atoms with Crippen molar-refractivity contribution in [2.75, 3.05) is 0 Å². The lowest BCUT2D eigenvalue weighted by Crippen LogP contribution is -2.13. The lowest BCUT2D eigenvalue weighted by atomic mass is 10.00. The molecule has 0 radical (unpaired) electrons. The Labute approximate surface area is 101 Å². The van der Waals surface area contributed by atoms with Crippen molar-refractivity contribution in [3.63, 3.8) is 0 Å². The fourth-order valence-electron chi connectivity index (χ4n) is 1.71. The van der Waals surface area contributed by atoms with Crippen LogP contribution in [0, 0.1) is 5.92 Å². The Morgan fingerprint density at radius 2 is 2.12 bits per heavy atom. The smallest absolute Gasteiger partial charge is 0.335 e. The molecule has 0 bridgehead atoms. The van der Waals surface area contributed by atoms with Crippen LogP contribution >= 0.6 is 15.9 Å². The van der Waals surface area contributed by atoms with Crippen LogP contribution in [0.25, 0.3) is 0 Å². The second-order valence-corrected chi connectivity index (χ2v) is 4.92. The van der Waals surface area contributed by atoms with E-state index in [9.17, 15) is 9.90 Å². The van der Waals surface area contributed by atoms with Crippen LogP contribution in [0.15, 0.2) is 16.6 Å². The highest BCUT2D eigenvalue weighted by molar-refractivity contribution is 9.10. The number of carbonyl (C=O) groups is 1. The van der Waals surface area contributed by atoms with Gasteiger partial charge in [-0.25, -0.2) is 4.79 Å². The van der Waals surface area contributed by atoms with Crippen molar-refractivity contribution in [2.45, 2.75) is 18.9 Å². The zero-order chi connectivity index (χ0) is 11.9. The molecule has 5 heteroatoms. The van der Waals surface area contributed by atoms with E-state index in [-0.39, 0.29) is 17.4 Å². The summed E-state index contributed by atoms with van der Waals surface area (Å²) in [6, 6.07) is 2.54. The number of hydrogen-bond donors (Lipinski definition) is 3. The number of benzene rings is 1. The van der Waals surface area contributed by atoms with Gasteiger partial charge in [-0.3, -0.25) is 0 Å². The van der Waals surface area contributed by atoms with Crippen molar-refractivity contribution in [1.29, 1.82) is 0 Å². The molecule has 1 aromatic carbocycles. The van der Waals surface area contributed by atoms with Crippen molar-refractivity contribution in [2.24, 2.45) is 11.7 Å². The first kappa shape index (κ1) is 11.4. The third kappa shape index (κ3) is 2.05. The highest BCUT2D eigenvalue weighted by atomic mass is 79.9. The minimum Gasteiger partial charge on any atom is -0.506 e. The number of halogens is 1. The normalized spacial score (nSPS) is 17.1. The number of phenols is 1. The first-order valence-corrected chi connectivity index (χ1v) is 5.81. The lowest BCUT2D eigenvalue weighted by molar-refractivity contribution is 0.0696. The minimum absolute atomic E-state index is 0.0457. The molecule has 1 saturated carbocycles. The summed E-state index contributed by atoms with van der Waals surface area (Å²) in [4.78, 5) is 10.9. The molecule has 0 unspecified atom stereocenters. The topological polar surface area (TPSA) is 83.6 Å². The number of aromatic carboxylic acids is 1. The van der Waals surface area contributed by atoms with E-state index >= 15 is 0 Å². The van der Waals surface area contributed by atoms with Gasteiger partial charge in [0.1, 0.15) is 5.75 Å². The fourth-order valence-corrected chi connectivity index (χ4v) is 2.18. The standard InChI is InChI=1S/C11H12BrNO3/c12-8-4-6(11(15)16)3-7(10(8)14)9(13)5-1-2-5/h3-5,9,14H,1-2,13H2,(H,15,16)/t9-/m0/s1. The van der Waals surface area contributed by atoms with E-state index < -0.39 is 5.97 Å². The first-order valence-electron chi connectivity index (χ1n) is 5.02. The molecule has 0 saturated heterocycles. The van der Waals surface area contributed by atoms with Crippen molar-refractivity contribution in [3.05, 3.63) is 27.7 Å². The number of hydrogen-bond acceptors (Lipinski definition) is 3. The molecule has 86 valence electrons. The van der Waals surface area contributed by atoms with Crippen molar-refractivity contribution < 1.29 is 15.0 Å². The Balaban J connectivity index is 2.45. The predicted octanol–water partition coefficient (Wildman–Crippen LogP) is 2.26. The third-order valence-corrected chi connectivity index (χ3v) is 3.43. The van der Waals surface area contributed by atoms with Gasteiger partial charge in [0.25, 0.3) is 0 Å². The number of rotatable bonds is 3. The number of carboxylic acid groups (broad SMARTS) is 1. The summed E-state index contributed by atoms with van der Waals surface area (Å²) in [7, 11) is 0. The Hall–Kier alpha value is -1.07. The van der Waals surface area contributed by atoms with Crippen LogP contribution in [0.4, 0.5) is 0 Å². The van der Waals surface area contributed by atoms with Gasteiger partial charge in [-0.05, 0) is 46.8 Å². The Bertz CT molecular complexity index is 443. The number of aromatic hydroxyl groups is 1. The first-order chi connectivity index (χ1) is 7.50. The number of carboxylic acids is 1. The molecule has 0 amide bonds. The van der Waals surface area contributed by atoms with E-state index in [1.54, 1.807) is 0 Å². The molecule has 1 aliphatic rings. The van der Waals surface area contributed by atoms with Gasteiger partial charge < -0.3 is 15.9 Å². The Morgan fingerprint density at radius 3 is 2.62 bits per heavy atom. The Morgan fingerprint density at radius 1 is 1.50 bits per heavy atom. The molecule has 16 heavy (non-hydrogen) atoms. The minimum atomic E-state index is -1.02. The number of nitrogens with two attached hydrogens (primary N) is 1. The zero-order valence-electron chi connectivity index (χ0n) is 8.48. The second kappa shape index (κ2) is 4.07. The summed E-state index contributed by atoms with van der Waals surface area (Å²) >= 11 is 3.13. The fraction of sp³-hybridized carbons (Fsp3) is 0.364. The molecule has 4 N–H and O–H groups in total. The lowest BCUT2D eigenvalue weighted by Gasteiger charge is -2.14. The molecule has 2 rings (SSSR count). The van der Waals surface area contributed by atoms with E-state index in [0.717, 1.165) is 12.8 Å².